The van der Waals surface area contributed by atoms with E-state index in [1.54, 1.807) is 18.5 Å². The van der Waals surface area contributed by atoms with Crippen molar-refractivity contribution in [1.29, 1.82) is 0 Å². The van der Waals surface area contributed by atoms with Gasteiger partial charge >= 0.3 is 6.18 Å². The summed E-state index contributed by atoms with van der Waals surface area (Å²) in [4.78, 5) is 20.6. The normalized spacial score (nSPS) is 19.9. The van der Waals surface area contributed by atoms with Gasteiger partial charge in [-0.1, -0.05) is 11.6 Å². The Morgan fingerprint density at radius 1 is 1.14 bits per heavy atom. The Balaban J connectivity index is 1.51. The number of aromatic nitrogens is 2. The molecule has 0 atom stereocenters. The van der Waals surface area contributed by atoms with Crippen molar-refractivity contribution in [2.75, 3.05) is 11.9 Å². The molecule has 0 bridgehead atoms. The Morgan fingerprint density at radius 2 is 1.82 bits per heavy atom. The number of alkyl halides is 3. The van der Waals surface area contributed by atoms with E-state index < -0.39 is 17.6 Å². The lowest BCUT2D eigenvalue weighted by molar-refractivity contribution is -0.137. The zero-order chi connectivity index (χ0) is 20.1. The third-order valence-corrected chi connectivity index (χ3v) is 5.16. The zero-order valence-corrected chi connectivity index (χ0v) is 15.7. The summed E-state index contributed by atoms with van der Waals surface area (Å²) < 4.78 is 38.6. The van der Waals surface area contributed by atoms with Crippen LogP contribution in [-0.2, 0) is 6.18 Å². The van der Waals surface area contributed by atoms with Gasteiger partial charge in [0.25, 0.3) is 5.91 Å². The molecule has 0 saturated heterocycles. The minimum Gasteiger partial charge on any atom is -0.354 e. The molecule has 2 N–H and O–H groups in total. The lowest BCUT2D eigenvalue weighted by Crippen LogP contribution is -2.38. The number of rotatable bonds is 5. The first-order valence-corrected chi connectivity index (χ1v) is 9.39. The third kappa shape index (κ3) is 5.34. The smallest absolute Gasteiger partial charge is 0.354 e. The lowest BCUT2D eigenvalue weighted by Gasteiger charge is -2.29. The number of hydrogen-bond acceptors (Lipinski definition) is 4. The highest BCUT2D eigenvalue weighted by Gasteiger charge is 2.32. The predicted molar refractivity (Wildman–Crippen MR) is 100 cm³/mol. The first kappa shape index (κ1) is 20.4. The van der Waals surface area contributed by atoms with Crippen LogP contribution < -0.4 is 10.6 Å². The highest BCUT2D eigenvalue weighted by atomic mass is 35.5. The number of hydrogen-bond donors (Lipinski definition) is 2. The largest absolute Gasteiger partial charge is 0.416 e. The average molecular weight is 413 g/mol. The minimum absolute atomic E-state index is 0.00578. The minimum atomic E-state index is -4.52. The quantitative estimate of drug-likeness (QED) is 0.756. The van der Waals surface area contributed by atoms with E-state index in [9.17, 15) is 18.0 Å². The molecule has 1 saturated carbocycles. The summed E-state index contributed by atoms with van der Waals surface area (Å²) in [5.74, 6) is 0.432. The SMILES string of the molecule is O=C(N[C@H]1CC[C@H](CNc2ncccn2)CC1)c1cc(C(F)(F)F)ccc1Cl. The van der Waals surface area contributed by atoms with Crippen LogP contribution in [-0.4, -0.2) is 28.5 Å². The number of halogens is 4. The summed E-state index contributed by atoms with van der Waals surface area (Å²) in [7, 11) is 0. The molecule has 3 rings (SSSR count). The molecule has 9 heteroatoms. The highest BCUT2D eigenvalue weighted by molar-refractivity contribution is 6.33. The van der Waals surface area contributed by atoms with Gasteiger partial charge in [0.1, 0.15) is 0 Å². The van der Waals surface area contributed by atoms with Crippen LogP contribution in [0.2, 0.25) is 5.02 Å². The molecule has 1 fully saturated rings. The van der Waals surface area contributed by atoms with Crippen molar-refractivity contribution in [2.24, 2.45) is 5.92 Å². The Morgan fingerprint density at radius 3 is 2.46 bits per heavy atom. The third-order valence-electron chi connectivity index (χ3n) is 4.83. The molecule has 1 aromatic heterocycles. The van der Waals surface area contributed by atoms with Crippen LogP contribution >= 0.6 is 11.6 Å². The zero-order valence-electron chi connectivity index (χ0n) is 15.0. The summed E-state index contributed by atoms with van der Waals surface area (Å²) in [5.41, 5.74) is -1.04. The molecule has 0 radical (unpaired) electrons. The molecule has 1 aliphatic rings. The topological polar surface area (TPSA) is 66.9 Å². The molecule has 0 spiro atoms. The average Bonchev–Trinajstić information content (AvgIpc) is 2.67. The molecule has 28 heavy (non-hydrogen) atoms. The molecule has 2 aromatic rings. The highest BCUT2D eigenvalue weighted by Crippen LogP contribution is 2.32. The standard InChI is InChI=1S/C19H20ClF3N4O/c20-16-7-4-13(19(21,22)23)10-15(16)17(28)27-14-5-2-12(3-6-14)11-26-18-24-8-1-9-25-18/h1,4,7-10,12,14H,2-3,5-6,11H2,(H,27,28)(H,24,25,26)/t12-,14-. The van der Waals surface area contributed by atoms with Crippen LogP contribution in [0, 0.1) is 5.92 Å². The van der Waals surface area contributed by atoms with Gasteiger partial charge in [-0.2, -0.15) is 13.2 Å². The lowest BCUT2D eigenvalue weighted by atomic mass is 9.86. The van der Waals surface area contributed by atoms with Crippen LogP contribution in [0.3, 0.4) is 0 Å². The van der Waals surface area contributed by atoms with E-state index >= 15 is 0 Å². The van der Waals surface area contributed by atoms with Gasteiger partial charge in [0.15, 0.2) is 0 Å². The van der Waals surface area contributed by atoms with E-state index in [-0.39, 0.29) is 16.6 Å². The molecular weight excluding hydrogens is 393 g/mol. The maximum atomic E-state index is 12.9. The molecular formula is C19H20ClF3N4O. The van der Waals surface area contributed by atoms with Crippen molar-refractivity contribution in [3.05, 3.63) is 52.8 Å². The van der Waals surface area contributed by atoms with Crippen molar-refractivity contribution < 1.29 is 18.0 Å². The van der Waals surface area contributed by atoms with Gasteiger partial charge in [-0.3, -0.25) is 4.79 Å². The Labute approximate surface area is 165 Å². The number of nitrogens with zero attached hydrogens (tertiary/aromatic N) is 2. The van der Waals surface area contributed by atoms with Gasteiger partial charge in [-0.25, -0.2) is 9.97 Å². The first-order chi connectivity index (χ1) is 13.3. The van der Waals surface area contributed by atoms with Crippen LogP contribution in [0.15, 0.2) is 36.7 Å². The van der Waals surface area contributed by atoms with Gasteiger partial charge in [0.2, 0.25) is 5.95 Å². The van der Waals surface area contributed by atoms with Gasteiger partial charge in [-0.05, 0) is 55.9 Å². The molecule has 1 aliphatic carbocycles. The summed E-state index contributed by atoms with van der Waals surface area (Å²) in [6.07, 6.45) is 2.10. The predicted octanol–water partition coefficient (Wildman–Crippen LogP) is 4.55. The Kier molecular flexibility index (Phi) is 6.39. The molecule has 1 amide bonds. The van der Waals surface area contributed by atoms with E-state index in [2.05, 4.69) is 20.6 Å². The van der Waals surface area contributed by atoms with Crippen molar-refractivity contribution in [3.8, 4) is 0 Å². The summed E-state index contributed by atoms with van der Waals surface area (Å²) in [6.45, 7) is 0.740. The summed E-state index contributed by atoms with van der Waals surface area (Å²) in [6, 6.07) is 4.44. The van der Waals surface area contributed by atoms with E-state index in [1.807, 2.05) is 0 Å². The fourth-order valence-electron chi connectivity index (χ4n) is 3.28. The van der Waals surface area contributed by atoms with Gasteiger partial charge < -0.3 is 10.6 Å². The fraction of sp³-hybridized carbons (Fsp3) is 0.421. The maximum absolute atomic E-state index is 12.9. The maximum Gasteiger partial charge on any atom is 0.416 e. The molecule has 150 valence electrons. The second-order valence-corrected chi connectivity index (χ2v) is 7.24. The molecule has 1 aromatic carbocycles. The molecule has 5 nitrogen and oxygen atoms in total. The molecule has 0 aliphatic heterocycles. The number of carbonyl (C=O) groups excluding carboxylic acids is 1. The van der Waals surface area contributed by atoms with E-state index in [4.69, 9.17) is 11.6 Å². The monoisotopic (exact) mass is 412 g/mol. The number of anilines is 1. The number of benzene rings is 1. The second kappa shape index (κ2) is 8.77. The van der Waals surface area contributed by atoms with Crippen LogP contribution in [0.25, 0.3) is 0 Å². The van der Waals surface area contributed by atoms with Crippen LogP contribution in [0.4, 0.5) is 19.1 Å². The van der Waals surface area contributed by atoms with Gasteiger partial charge in [-0.15, -0.1) is 0 Å². The van der Waals surface area contributed by atoms with Gasteiger partial charge in [0.05, 0.1) is 16.1 Å². The summed E-state index contributed by atoms with van der Waals surface area (Å²) >= 11 is 5.93. The first-order valence-electron chi connectivity index (χ1n) is 9.01. The number of carbonyl (C=O) groups is 1. The van der Waals surface area contributed by atoms with Crippen molar-refractivity contribution >= 4 is 23.5 Å². The Hall–Kier alpha value is -2.35. The fourth-order valence-corrected chi connectivity index (χ4v) is 3.48. The van der Waals surface area contributed by atoms with E-state index in [0.29, 0.717) is 11.9 Å². The Bertz CT molecular complexity index is 809. The number of amides is 1. The molecule has 1 heterocycles. The van der Waals surface area contributed by atoms with Crippen LogP contribution in [0.5, 0.6) is 0 Å². The second-order valence-electron chi connectivity index (χ2n) is 6.84. The van der Waals surface area contributed by atoms with Gasteiger partial charge in [0, 0.05) is 25.0 Å². The number of nitrogens with one attached hydrogen (secondary N) is 2. The van der Waals surface area contributed by atoms with Crippen molar-refractivity contribution in [2.45, 2.75) is 37.9 Å². The van der Waals surface area contributed by atoms with E-state index in [1.165, 1.54) is 0 Å². The van der Waals surface area contributed by atoms with E-state index in [0.717, 1.165) is 50.4 Å². The van der Waals surface area contributed by atoms with Crippen molar-refractivity contribution in [3.63, 3.8) is 0 Å². The molecule has 0 unspecified atom stereocenters. The summed E-state index contributed by atoms with van der Waals surface area (Å²) in [5, 5.41) is 6.01. The van der Waals surface area contributed by atoms with Crippen molar-refractivity contribution in [1.82, 2.24) is 15.3 Å². The van der Waals surface area contributed by atoms with Crippen LogP contribution in [0.1, 0.15) is 41.6 Å².